The molecule has 1 aliphatic heterocycles. The number of imidazole rings is 1. The van der Waals surface area contributed by atoms with Gasteiger partial charge in [-0.2, -0.15) is 0 Å². The molecular formula is C12H12N2O. The fraction of sp³-hybridized carbons (Fsp3) is 0.250. The maximum Gasteiger partial charge on any atom is 0.135 e. The third-order valence-corrected chi connectivity index (χ3v) is 2.64. The first-order valence-corrected chi connectivity index (χ1v) is 5.13. The highest BCUT2D eigenvalue weighted by molar-refractivity contribution is 5.58. The molecule has 3 rings (SSSR count). The van der Waals surface area contributed by atoms with Gasteiger partial charge in [0.25, 0.3) is 0 Å². The van der Waals surface area contributed by atoms with Crippen LogP contribution in [-0.4, -0.2) is 16.2 Å². The van der Waals surface area contributed by atoms with Gasteiger partial charge in [-0.15, -0.1) is 0 Å². The van der Waals surface area contributed by atoms with Crippen molar-refractivity contribution in [2.75, 3.05) is 6.61 Å². The minimum atomic E-state index is 0.632. The van der Waals surface area contributed by atoms with Crippen LogP contribution in [0.5, 0.6) is 0 Å². The highest BCUT2D eigenvalue weighted by Gasteiger charge is 2.12. The van der Waals surface area contributed by atoms with Gasteiger partial charge in [0.15, 0.2) is 0 Å². The van der Waals surface area contributed by atoms with E-state index in [4.69, 9.17) is 4.74 Å². The van der Waals surface area contributed by atoms with Gasteiger partial charge in [0.05, 0.1) is 12.3 Å². The van der Waals surface area contributed by atoms with Crippen molar-refractivity contribution in [3.8, 4) is 11.3 Å². The summed E-state index contributed by atoms with van der Waals surface area (Å²) in [5, 5.41) is 0. The molecule has 0 fully saturated rings. The molecule has 0 unspecified atom stereocenters. The molecule has 0 N–H and O–H groups in total. The molecule has 15 heavy (non-hydrogen) atoms. The number of ether oxygens (including phenoxy) is 1. The van der Waals surface area contributed by atoms with E-state index in [1.165, 1.54) is 5.56 Å². The summed E-state index contributed by atoms with van der Waals surface area (Å²) >= 11 is 0. The molecule has 76 valence electrons. The number of aromatic nitrogens is 2. The number of fused-ring (bicyclic) bond motifs is 1. The van der Waals surface area contributed by atoms with Crippen molar-refractivity contribution in [3.63, 3.8) is 0 Å². The van der Waals surface area contributed by atoms with Gasteiger partial charge < -0.3 is 9.30 Å². The second-order valence-corrected chi connectivity index (χ2v) is 3.65. The van der Waals surface area contributed by atoms with Gasteiger partial charge in [0.2, 0.25) is 0 Å². The van der Waals surface area contributed by atoms with E-state index in [-0.39, 0.29) is 0 Å². The maximum absolute atomic E-state index is 5.36. The van der Waals surface area contributed by atoms with Crippen LogP contribution in [0.1, 0.15) is 5.82 Å². The lowest BCUT2D eigenvalue weighted by Crippen LogP contribution is -2.15. The molecule has 1 aliphatic rings. The third-order valence-electron chi connectivity index (χ3n) is 2.64. The molecule has 0 saturated carbocycles. The zero-order valence-electron chi connectivity index (χ0n) is 8.39. The quantitative estimate of drug-likeness (QED) is 0.704. The Hall–Kier alpha value is -1.61. The zero-order valence-corrected chi connectivity index (χ0v) is 8.39. The van der Waals surface area contributed by atoms with Crippen molar-refractivity contribution in [2.24, 2.45) is 0 Å². The van der Waals surface area contributed by atoms with Crippen LogP contribution in [0.25, 0.3) is 11.3 Å². The van der Waals surface area contributed by atoms with Crippen molar-refractivity contribution >= 4 is 0 Å². The van der Waals surface area contributed by atoms with E-state index >= 15 is 0 Å². The Labute approximate surface area is 88.3 Å². The van der Waals surface area contributed by atoms with Crippen LogP contribution in [-0.2, 0) is 17.9 Å². The summed E-state index contributed by atoms with van der Waals surface area (Å²) < 4.78 is 7.53. The Morgan fingerprint density at radius 2 is 2.07 bits per heavy atom. The molecule has 0 radical (unpaired) electrons. The highest BCUT2D eigenvalue weighted by atomic mass is 16.5. The molecule has 2 heterocycles. The van der Waals surface area contributed by atoms with E-state index in [1.54, 1.807) is 0 Å². The SMILES string of the molecule is c1ccc(-c2cn3c(n2)COCC3)cc1. The molecule has 3 nitrogen and oxygen atoms in total. The molecule has 1 aromatic carbocycles. The lowest BCUT2D eigenvalue weighted by Gasteiger charge is -2.13. The number of nitrogens with zero attached hydrogens (tertiary/aromatic N) is 2. The van der Waals surface area contributed by atoms with Gasteiger partial charge in [0.1, 0.15) is 12.4 Å². The van der Waals surface area contributed by atoms with Crippen molar-refractivity contribution in [1.29, 1.82) is 0 Å². The average Bonchev–Trinajstić information content (AvgIpc) is 2.74. The molecule has 0 amide bonds. The molecule has 0 aliphatic carbocycles. The molecule has 0 bridgehead atoms. The first kappa shape index (κ1) is 8.68. The first-order chi connectivity index (χ1) is 7.43. The van der Waals surface area contributed by atoms with E-state index in [9.17, 15) is 0 Å². The minimum Gasteiger partial charge on any atom is -0.372 e. The smallest absolute Gasteiger partial charge is 0.135 e. The number of hydrogen-bond donors (Lipinski definition) is 0. The fourth-order valence-corrected chi connectivity index (χ4v) is 1.84. The van der Waals surface area contributed by atoms with Crippen LogP contribution >= 0.6 is 0 Å². The van der Waals surface area contributed by atoms with Crippen LogP contribution in [0.4, 0.5) is 0 Å². The van der Waals surface area contributed by atoms with Crippen molar-refractivity contribution in [1.82, 2.24) is 9.55 Å². The van der Waals surface area contributed by atoms with Gasteiger partial charge in [-0.3, -0.25) is 0 Å². The van der Waals surface area contributed by atoms with Crippen molar-refractivity contribution in [3.05, 3.63) is 42.4 Å². The van der Waals surface area contributed by atoms with E-state index in [0.717, 1.165) is 24.7 Å². The van der Waals surface area contributed by atoms with Crippen LogP contribution < -0.4 is 0 Å². The molecule has 0 saturated heterocycles. The standard InChI is InChI=1S/C12H12N2O/c1-2-4-10(5-3-1)11-8-14-6-7-15-9-12(14)13-11/h1-5,8H,6-7,9H2. The Kier molecular flexibility index (Phi) is 2.03. The molecule has 0 atom stereocenters. The Morgan fingerprint density at radius 1 is 1.20 bits per heavy atom. The number of hydrogen-bond acceptors (Lipinski definition) is 2. The normalized spacial score (nSPS) is 14.9. The van der Waals surface area contributed by atoms with Gasteiger partial charge in [-0.25, -0.2) is 4.98 Å². The Morgan fingerprint density at radius 3 is 2.87 bits per heavy atom. The zero-order chi connectivity index (χ0) is 10.1. The summed E-state index contributed by atoms with van der Waals surface area (Å²) in [6.07, 6.45) is 2.10. The molecule has 1 aromatic heterocycles. The Bertz CT molecular complexity index is 438. The van der Waals surface area contributed by atoms with E-state index in [2.05, 4.69) is 27.9 Å². The topological polar surface area (TPSA) is 27.1 Å². The van der Waals surface area contributed by atoms with Crippen LogP contribution in [0.2, 0.25) is 0 Å². The van der Waals surface area contributed by atoms with Crippen molar-refractivity contribution in [2.45, 2.75) is 13.2 Å². The summed E-state index contributed by atoms with van der Waals surface area (Å²) in [5.41, 5.74) is 2.20. The van der Waals surface area contributed by atoms with E-state index < -0.39 is 0 Å². The lowest BCUT2D eigenvalue weighted by molar-refractivity contribution is 0.0816. The number of benzene rings is 1. The van der Waals surface area contributed by atoms with Crippen molar-refractivity contribution < 1.29 is 4.74 Å². The first-order valence-electron chi connectivity index (χ1n) is 5.13. The van der Waals surface area contributed by atoms with E-state index in [1.807, 2.05) is 18.2 Å². The maximum atomic E-state index is 5.36. The molecule has 0 spiro atoms. The third kappa shape index (κ3) is 1.55. The van der Waals surface area contributed by atoms with Gasteiger partial charge in [-0.05, 0) is 0 Å². The molecule has 2 aromatic rings. The predicted octanol–water partition coefficient (Wildman–Crippen LogP) is 2.08. The summed E-state index contributed by atoms with van der Waals surface area (Å²) in [5.74, 6) is 1.03. The molecule has 3 heteroatoms. The number of rotatable bonds is 1. The minimum absolute atomic E-state index is 0.632. The second-order valence-electron chi connectivity index (χ2n) is 3.65. The summed E-state index contributed by atoms with van der Waals surface area (Å²) in [6.45, 7) is 2.33. The van der Waals surface area contributed by atoms with Gasteiger partial charge in [0, 0.05) is 18.3 Å². The fourth-order valence-electron chi connectivity index (χ4n) is 1.84. The predicted molar refractivity (Wildman–Crippen MR) is 57.3 cm³/mol. The van der Waals surface area contributed by atoms with Crippen LogP contribution in [0, 0.1) is 0 Å². The molecular weight excluding hydrogens is 188 g/mol. The average molecular weight is 200 g/mol. The summed E-state index contributed by atoms with van der Waals surface area (Å²) in [4.78, 5) is 4.56. The largest absolute Gasteiger partial charge is 0.372 e. The van der Waals surface area contributed by atoms with Crippen LogP contribution in [0.3, 0.4) is 0 Å². The summed E-state index contributed by atoms with van der Waals surface area (Å²) in [6, 6.07) is 10.2. The summed E-state index contributed by atoms with van der Waals surface area (Å²) in [7, 11) is 0. The Balaban J connectivity index is 2.03. The lowest BCUT2D eigenvalue weighted by atomic mass is 10.2. The van der Waals surface area contributed by atoms with Crippen LogP contribution in [0.15, 0.2) is 36.5 Å². The van der Waals surface area contributed by atoms with Gasteiger partial charge in [-0.1, -0.05) is 30.3 Å². The monoisotopic (exact) mass is 200 g/mol. The van der Waals surface area contributed by atoms with E-state index in [0.29, 0.717) is 6.61 Å². The van der Waals surface area contributed by atoms with Gasteiger partial charge >= 0.3 is 0 Å². The second kappa shape index (κ2) is 3.51. The highest BCUT2D eigenvalue weighted by Crippen LogP contribution is 2.20.